The zero-order chi connectivity index (χ0) is 17.2. The molecular weight excluding hydrogens is 316 g/mol. The first-order valence-electron chi connectivity index (χ1n) is 7.76. The van der Waals surface area contributed by atoms with E-state index in [0.29, 0.717) is 23.0 Å². The Kier molecular flexibility index (Phi) is 3.70. The summed E-state index contributed by atoms with van der Waals surface area (Å²) in [4.78, 5) is 16.9. The summed E-state index contributed by atoms with van der Waals surface area (Å²) in [6.07, 6.45) is 1.71. The largest absolute Gasteiger partial charge is 0.421 e. The van der Waals surface area contributed by atoms with Crippen molar-refractivity contribution >= 4 is 22.5 Å². The molecule has 4 rings (SSSR count). The van der Waals surface area contributed by atoms with Gasteiger partial charge in [-0.05, 0) is 36.4 Å². The van der Waals surface area contributed by atoms with Crippen LogP contribution in [-0.4, -0.2) is 21.1 Å². The van der Waals surface area contributed by atoms with E-state index in [-0.39, 0.29) is 5.91 Å². The fraction of sp³-hybridized carbons (Fsp3) is 0.0526. The maximum atomic E-state index is 12.5. The summed E-state index contributed by atoms with van der Waals surface area (Å²) < 4.78 is 5.38. The van der Waals surface area contributed by atoms with Gasteiger partial charge in [-0.15, -0.1) is 10.2 Å². The molecule has 0 radical (unpaired) electrons. The van der Waals surface area contributed by atoms with Crippen molar-refractivity contribution in [3.05, 3.63) is 72.2 Å². The van der Waals surface area contributed by atoms with Gasteiger partial charge in [-0.25, -0.2) is 0 Å². The number of carbonyl (C=O) groups excluding carboxylic acids is 1. The van der Waals surface area contributed by atoms with Gasteiger partial charge in [0.2, 0.25) is 11.8 Å². The second-order valence-corrected chi connectivity index (χ2v) is 5.54. The number of aryl methyl sites for hydroxylation is 1. The fourth-order valence-electron chi connectivity index (χ4n) is 2.58. The van der Waals surface area contributed by atoms with E-state index in [4.69, 9.17) is 4.42 Å². The lowest BCUT2D eigenvalue weighted by atomic mass is 10.1. The highest BCUT2D eigenvalue weighted by Gasteiger charge is 2.11. The van der Waals surface area contributed by atoms with Crippen LogP contribution in [0.3, 0.4) is 0 Å². The quantitative estimate of drug-likeness (QED) is 0.617. The molecule has 0 spiro atoms. The Bertz CT molecular complexity index is 1050. The van der Waals surface area contributed by atoms with Gasteiger partial charge in [-0.1, -0.05) is 18.2 Å². The molecule has 2 aromatic carbocycles. The highest BCUT2D eigenvalue weighted by Crippen LogP contribution is 2.22. The lowest BCUT2D eigenvalue weighted by molar-refractivity contribution is 0.102. The van der Waals surface area contributed by atoms with Gasteiger partial charge in [-0.2, -0.15) is 0 Å². The number of fused-ring (bicyclic) bond motifs is 1. The first-order chi connectivity index (χ1) is 12.2. The number of hydrogen-bond acceptors (Lipinski definition) is 5. The SMILES string of the molecule is Cc1nnc(-c2ccc(C(=O)Nc3cccc4cccnc34)cc2)o1. The van der Waals surface area contributed by atoms with E-state index < -0.39 is 0 Å². The van der Waals surface area contributed by atoms with Crippen molar-refractivity contribution in [2.75, 3.05) is 5.32 Å². The summed E-state index contributed by atoms with van der Waals surface area (Å²) in [5, 5.41) is 11.7. The Balaban J connectivity index is 1.58. The molecule has 6 nitrogen and oxygen atoms in total. The van der Waals surface area contributed by atoms with E-state index in [1.165, 1.54) is 0 Å². The van der Waals surface area contributed by atoms with Crippen LogP contribution in [0.15, 0.2) is 65.2 Å². The first-order valence-corrected chi connectivity index (χ1v) is 7.76. The van der Waals surface area contributed by atoms with Crippen LogP contribution in [0, 0.1) is 6.92 Å². The Morgan fingerprint density at radius 3 is 2.56 bits per heavy atom. The maximum Gasteiger partial charge on any atom is 0.255 e. The molecule has 6 heteroatoms. The summed E-state index contributed by atoms with van der Waals surface area (Å²) in [5.74, 6) is 0.731. The first kappa shape index (κ1) is 15.0. The van der Waals surface area contributed by atoms with Gasteiger partial charge < -0.3 is 9.73 Å². The van der Waals surface area contributed by atoms with E-state index in [1.54, 1.807) is 37.4 Å². The number of nitrogens with one attached hydrogen (secondary N) is 1. The van der Waals surface area contributed by atoms with Crippen LogP contribution in [0.4, 0.5) is 5.69 Å². The zero-order valence-electron chi connectivity index (χ0n) is 13.4. The number of amides is 1. The van der Waals surface area contributed by atoms with Crippen LogP contribution in [-0.2, 0) is 0 Å². The number of para-hydroxylation sites is 1. The molecule has 1 amide bonds. The topological polar surface area (TPSA) is 80.9 Å². The van der Waals surface area contributed by atoms with Crippen LogP contribution >= 0.6 is 0 Å². The Morgan fingerprint density at radius 1 is 1.00 bits per heavy atom. The molecule has 0 aliphatic carbocycles. The summed E-state index contributed by atoms with van der Waals surface area (Å²) in [6.45, 7) is 1.73. The van der Waals surface area contributed by atoms with Crippen molar-refractivity contribution in [2.45, 2.75) is 6.92 Å². The molecule has 2 aromatic heterocycles. The zero-order valence-corrected chi connectivity index (χ0v) is 13.4. The van der Waals surface area contributed by atoms with Crippen LogP contribution in [0.25, 0.3) is 22.4 Å². The average Bonchev–Trinajstić information content (AvgIpc) is 3.08. The highest BCUT2D eigenvalue weighted by molar-refractivity contribution is 6.08. The molecule has 0 atom stereocenters. The molecule has 25 heavy (non-hydrogen) atoms. The highest BCUT2D eigenvalue weighted by atomic mass is 16.4. The molecule has 0 aliphatic heterocycles. The van der Waals surface area contributed by atoms with Gasteiger partial charge in [0, 0.05) is 29.6 Å². The second kappa shape index (κ2) is 6.16. The number of benzene rings is 2. The number of aromatic nitrogens is 3. The second-order valence-electron chi connectivity index (χ2n) is 5.54. The van der Waals surface area contributed by atoms with Crippen molar-refractivity contribution in [3.63, 3.8) is 0 Å². The molecule has 1 N–H and O–H groups in total. The monoisotopic (exact) mass is 330 g/mol. The lowest BCUT2D eigenvalue weighted by Gasteiger charge is -2.08. The molecule has 0 unspecified atom stereocenters. The maximum absolute atomic E-state index is 12.5. The number of carbonyl (C=O) groups is 1. The van der Waals surface area contributed by atoms with E-state index in [0.717, 1.165) is 16.5 Å². The number of pyridine rings is 1. The van der Waals surface area contributed by atoms with Crippen molar-refractivity contribution in [3.8, 4) is 11.5 Å². The van der Waals surface area contributed by atoms with E-state index in [2.05, 4.69) is 20.5 Å². The molecule has 0 aliphatic rings. The molecular formula is C19H14N4O2. The molecule has 0 fully saturated rings. The number of anilines is 1. The third-order valence-corrected chi connectivity index (χ3v) is 3.80. The van der Waals surface area contributed by atoms with Gasteiger partial charge >= 0.3 is 0 Å². The van der Waals surface area contributed by atoms with Gasteiger partial charge in [-0.3, -0.25) is 9.78 Å². The third-order valence-electron chi connectivity index (χ3n) is 3.80. The van der Waals surface area contributed by atoms with Gasteiger partial charge in [0.1, 0.15) is 0 Å². The minimum absolute atomic E-state index is 0.202. The fourth-order valence-corrected chi connectivity index (χ4v) is 2.58. The molecule has 0 saturated heterocycles. The van der Waals surface area contributed by atoms with E-state index in [9.17, 15) is 4.79 Å². The summed E-state index contributed by atoms with van der Waals surface area (Å²) in [6, 6.07) is 16.5. The van der Waals surface area contributed by atoms with Crippen molar-refractivity contribution in [2.24, 2.45) is 0 Å². The molecule has 122 valence electrons. The van der Waals surface area contributed by atoms with Crippen molar-refractivity contribution in [1.82, 2.24) is 15.2 Å². The van der Waals surface area contributed by atoms with Crippen LogP contribution in [0.1, 0.15) is 16.2 Å². The minimum Gasteiger partial charge on any atom is -0.421 e. The number of rotatable bonds is 3. The molecule has 0 bridgehead atoms. The van der Waals surface area contributed by atoms with Crippen molar-refractivity contribution in [1.29, 1.82) is 0 Å². The minimum atomic E-state index is -0.202. The molecule has 0 saturated carbocycles. The smallest absolute Gasteiger partial charge is 0.255 e. The Hall–Kier alpha value is -3.54. The summed E-state index contributed by atoms with van der Waals surface area (Å²) in [7, 11) is 0. The van der Waals surface area contributed by atoms with Gasteiger partial charge in [0.25, 0.3) is 5.91 Å². The lowest BCUT2D eigenvalue weighted by Crippen LogP contribution is -2.12. The number of nitrogens with zero attached hydrogens (tertiary/aromatic N) is 3. The predicted molar refractivity (Wildman–Crippen MR) is 94.2 cm³/mol. The van der Waals surface area contributed by atoms with Crippen LogP contribution < -0.4 is 5.32 Å². The summed E-state index contributed by atoms with van der Waals surface area (Å²) >= 11 is 0. The van der Waals surface area contributed by atoms with Crippen molar-refractivity contribution < 1.29 is 9.21 Å². The van der Waals surface area contributed by atoms with E-state index in [1.807, 2.05) is 30.3 Å². The standard InChI is InChI=1S/C19H14N4O2/c1-12-22-23-19(25-12)15-9-7-14(8-10-15)18(24)21-16-6-2-4-13-5-3-11-20-17(13)16/h2-11H,1H3,(H,21,24). The van der Waals surface area contributed by atoms with Crippen LogP contribution in [0.5, 0.6) is 0 Å². The predicted octanol–water partition coefficient (Wildman–Crippen LogP) is 3.85. The number of hydrogen-bond donors (Lipinski definition) is 1. The third kappa shape index (κ3) is 2.97. The van der Waals surface area contributed by atoms with Gasteiger partial charge in [0.05, 0.1) is 11.2 Å². The van der Waals surface area contributed by atoms with Crippen LogP contribution in [0.2, 0.25) is 0 Å². The average molecular weight is 330 g/mol. The van der Waals surface area contributed by atoms with Gasteiger partial charge in [0.15, 0.2) is 0 Å². The Morgan fingerprint density at radius 2 is 1.80 bits per heavy atom. The summed E-state index contributed by atoms with van der Waals surface area (Å²) in [5.41, 5.74) is 2.74. The van der Waals surface area contributed by atoms with E-state index >= 15 is 0 Å². The Labute approximate surface area is 143 Å². The normalized spacial score (nSPS) is 10.8. The molecule has 2 heterocycles. The molecule has 4 aromatic rings.